The molecule has 2 aliphatic rings. The lowest BCUT2D eigenvalue weighted by atomic mass is 9.83. The third kappa shape index (κ3) is 2.10. The quantitative estimate of drug-likeness (QED) is 0.639. The molecule has 2 saturated heterocycles. The van der Waals surface area contributed by atoms with Gasteiger partial charge in [0, 0.05) is 6.54 Å². The van der Waals surface area contributed by atoms with E-state index >= 15 is 0 Å². The number of carbonyl (C=O) groups excluding carboxylic acids is 1. The van der Waals surface area contributed by atoms with Crippen LogP contribution in [-0.4, -0.2) is 49.3 Å². The number of carboxylic acids is 1. The van der Waals surface area contributed by atoms with Crippen molar-refractivity contribution in [2.75, 3.05) is 26.3 Å². The van der Waals surface area contributed by atoms with Gasteiger partial charge in [0.2, 0.25) is 5.91 Å². The first-order valence-corrected chi connectivity index (χ1v) is 6.21. The lowest BCUT2D eigenvalue weighted by Crippen LogP contribution is -2.53. The van der Waals surface area contributed by atoms with Gasteiger partial charge in [0.25, 0.3) is 0 Å². The summed E-state index contributed by atoms with van der Waals surface area (Å²) in [6.45, 7) is 5.37. The van der Waals surface area contributed by atoms with Gasteiger partial charge >= 0.3 is 5.97 Å². The second-order valence-corrected chi connectivity index (χ2v) is 5.75. The van der Waals surface area contributed by atoms with Crippen molar-refractivity contribution in [3.8, 4) is 0 Å². The van der Waals surface area contributed by atoms with Gasteiger partial charge in [0.15, 0.2) is 0 Å². The van der Waals surface area contributed by atoms with Crippen LogP contribution in [0.5, 0.6) is 0 Å². The molecule has 0 aromatic carbocycles. The van der Waals surface area contributed by atoms with Crippen LogP contribution in [0.4, 0.5) is 0 Å². The van der Waals surface area contributed by atoms with Gasteiger partial charge < -0.3 is 20.5 Å². The summed E-state index contributed by atoms with van der Waals surface area (Å²) < 4.78 is 5.22. The summed E-state index contributed by atoms with van der Waals surface area (Å²) in [4.78, 5) is 23.5. The minimum Gasteiger partial charge on any atom is -0.481 e. The Bertz CT molecular complexity index is 365. The molecule has 2 heterocycles. The molecule has 0 saturated carbocycles. The average Bonchev–Trinajstić information content (AvgIpc) is 2.88. The maximum Gasteiger partial charge on any atom is 0.313 e. The van der Waals surface area contributed by atoms with Crippen molar-refractivity contribution in [2.45, 2.75) is 26.3 Å². The molecule has 0 bridgehead atoms. The molecule has 0 aromatic heterocycles. The van der Waals surface area contributed by atoms with E-state index in [4.69, 9.17) is 4.74 Å². The number of hydrogen-bond donors (Lipinski definition) is 3. The van der Waals surface area contributed by atoms with Gasteiger partial charge in [-0.3, -0.25) is 9.59 Å². The minimum absolute atomic E-state index is 0.0875. The van der Waals surface area contributed by atoms with Crippen LogP contribution >= 0.6 is 0 Å². The molecule has 3 atom stereocenters. The highest BCUT2D eigenvalue weighted by Gasteiger charge is 2.49. The van der Waals surface area contributed by atoms with Crippen molar-refractivity contribution in [2.24, 2.45) is 10.8 Å². The molecule has 6 nitrogen and oxygen atoms in total. The summed E-state index contributed by atoms with van der Waals surface area (Å²) in [5.74, 6) is -1.02. The Hall–Kier alpha value is -1.14. The van der Waals surface area contributed by atoms with E-state index in [1.54, 1.807) is 6.92 Å². The van der Waals surface area contributed by atoms with Crippen molar-refractivity contribution in [1.82, 2.24) is 10.6 Å². The maximum absolute atomic E-state index is 12.2. The van der Waals surface area contributed by atoms with E-state index < -0.39 is 22.8 Å². The molecule has 3 N–H and O–H groups in total. The van der Waals surface area contributed by atoms with E-state index in [2.05, 4.69) is 10.6 Å². The minimum atomic E-state index is -1.03. The number of hydrogen-bond acceptors (Lipinski definition) is 4. The third-order valence-electron chi connectivity index (χ3n) is 4.17. The van der Waals surface area contributed by atoms with Crippen LogP contribution in [0.1, 0.15) is 20.3 Å². The molecule has 0 aliphatic carbocycles. The largest absolute Gasteiger partial charge is 0.481 e. The van der Waals surface area contributed by atoms with Crippen LogP contribution in [0.3, 0.4) is 0 Å². The highest BCUT2D eigenvalue weighted by Crippen LogP contribution is 2.31. The van der Waals surface area contributed by atoms with Gasteiger partial charge in [-0.2, -0.15) is 0 Å². The summed E-state index contributed by atoms with van der Waals surface area (Å²) in [6.07, 6.45) is 0.774. The molecular formula is C12H20N2O4. The fourth-order valence-corrected chi connectivity index (χ4v) is 2.43. The molecule has 102 valence electrons. The van der Waals surface area contributed by atoms with Crippen LogP contribution in [-0.2, 0) is 14.3 Å². The molecule has 2 fully saturated rings. The zero-order valence-corrected chi connectivity index (χ0v) is 10.8. The summed E-state index contributed by atoms with van der Waals surface area (Å²) in [5, 5.41) is 15.2. The smallest absolute Gasteiger partial charge is 0.313 e. The second kappa shape index (κ2) is 4.51. The number of amides is 1. The Labute approximate surface area is 106 Å². The summed E-state index contributed by atoms with van der Waals surface area (Å²) in [7, 11) is 0. The van der Waals surface area contributed by atoms with Crippen molar-refractivity contribution >= 4 is 11.9 Å². The van der Waals surface area contributed by atoms with Crippen LogP contribution in [0.15, 0.2) is 0 Å². The Balaban J connectivity index is 2.05. The van der Waals surface area contributed by atoms with Crippen molar-refractivity contribution in [3.63, 3.8) is 0 Å². The van der Waals surface area contributed by atoms with Crippen LogP contribution in [0.2, 0.25) is 0 Å². The number of carboxylic acid groups (broad SMARTS) is 1. The number of carbonyl (C=O) groups is 2. The highest BCUT2D eigenvalue weighted by atomic mass is 16.5. The lowest BCUT2D eigenvalue weighted by molar-refractivity contribution is -0.149. The standard InChI is InChI=1S/C12H20N2O4/c1-11(3-4-13-6-11)9(15)14-8-5-18-7-12(8,2)10(16)17/h8,13H,3-7H2,1-2H3,(H,14,15)(H,16,17). The monoisotopic (exact) mass is 256 g/mol. The second-order valence-electron chi connectivity index (χ2n) is 5.75. The van der Waals surface area contributed by atoms with E-state index in [1.807, 2.05) is 6.92 Å². The van der Waals surface area contributed by atoms with Gasteiger partial charge in [-0.1, -0.05) is 0 Å². The fraction of sp³-hybridized carbons (Fsp3) is 0.833. The van der Waals surface area contributed by atoms with E-state index in [1.165, 1.54) is 0 Å². The van der Waals surface area contributed by atoms with E-state index in [0.717, 1.165) is 13.0 Å². The molecule has 2 aliphatic heterocycles. The zero-order valence-electron chi connectivity index (χ0n) is 10.8. The van der Waals surface area contributed by atoms with E-state index in [-0.39, 0.29) is 19.1 Å². The molecule has 18 heavy (non-hydrogen) atoms. The normalized spacial score (nSPS) is 39.8. The molecule has 0 aromatic rings. The average molecular weight is 256 g/mol. The first-order chi connectivity index (χ1) is 8.38. The molecule has 3 unspecified atom stereocenters. The predicted molar refractivity (Wildman–Crippen MR) is 64.1 cm³/mol. The molecule has 0 radical (unpaired) electrons. The molecule has 6 heteroatoms. The van der Waals surface area contributed by atoms with Crippen LogP contribution < -0.4 is 10.6 Å². The molecular weight excluding hydrogens is 236 g/mol. The van der Waals surface area contributed by atoms with Gasteiger partial charge in [0.1, 0.15) is 5.41 Å². The number of nitrogens with one attached hydrogen (secondary N) is 2. The first kappa shape index (κ1) is 13.3. The van der Waals surface area contributed by atoms with E-state index in [9.17, 15) is 14.7 Å². The van der Waals surface area contributed by atoms with Gasteiger partial charge in [-0.15, -0.1) is 0 Å². The van der Waals surface area contributed by atoms with Crippen molar-refractivity contribution in [3.05, 3.63) is 0 Å². The summed E-state index contributed by atoms with van der Waals surface area (Å²) >= 11 is 0. The van der Waals surface area contributed by atoms with Crippen LogP contribution in [0, 0.1) is 10.8 Å². The number of aliphatic carboxylic acids is 1. The third-order valence-corrected chi connectivity index (χ3v) is 4.17. The Morgan fingerprint density at radius 3 is 2.72 bits per heavy atom. The molecule has 1 amide bonds. The van der Waals surface area contributed by atoms with Crippen molar-refractivity contribution in [1.29, 1.82) is 0 Å². The Morgan fingerprint density at radius 2 is 2.17 bits per heavy atom. The Morgan fingerprint density at radius 1 is 1.44 bits per heavy atom. The topological polar surface area (TPSA) is 87.7 Å². The summed E-state index contributed by atoms with van der Waals surface area (Å²) in [6, 6.07) is -0.458. The molecule has 0 spiro atoms. The summed E-state index contributed by atoms with van der Waals surface area (Å²) in [5.41, 5.74) is -1.47. The van der Waals surface area contributed by atoms with Gasteiger partial charge in [-0.25, -0.2) is 0 Å². The molecule has 2 rings (SSSR count). The maximum atomic E-state index is 12.2. The predicted octanol–water partition coefficient (Wildman–Crippen LogP) is -0.408. The zero-order chi connectivity index (χ0) is 13.4. The van der Waals surface area contributed by atoms with Crippen LogP contribution in [0.25, 0.3) is 0 Å². The highest BCUT2D eigenvalue weighted by molar-refractivity contribution is 5.84. The van der Waals surface area contributed by atoms with E-state index in [0.29, 0.717) is 6.54 Å². The number of ether oxygens (including phenoxy) is 1. The SMILES string of the molecule is CC1(C(=O)NC2COCC2(C)C(=O)O)CCNC1. The van der Waals surface area contributed by atoms with Gasteiger partial charge in [0.05, 0.1) is 24.7 Å². The number of rotatable bonds is 3. The lowest BCUT2D eigenvalue weighted by Gasteiger charge is -2.29. The van der Waals surface area contributed by atoms with Gasteiger partial charge in [-0.05, 0) is 26.8 Å². The Kier molecular flexibility index (Phi) is 3.33. The first-order valence-electron chi connectivity index (χ1n) is 6.21. The fourth-order valence-electron chi connectivity index (χ4n) is 2.43. The van der Waals surface area contributed by atoms with Crippen molar-refractivity contribution < 1.29 is 19.4 Å².